The molecule has 1 aromatic heterocycles. The van der Waals surface area contributed by atoms with Gasteiger partial charge in [-0.3, -0.25) is 19.7 Å². The van der Waals surface area contributed by atoms with E-state index in [0.717, 1.165) is 0 Å². The molecule has 0 saturated carbocycles. The summed E-state index contributed by atoms with van der Waals surface area (Å²) in [6.45, 7) is 1.91. The molecule has 0 aliphatic carbocycles. The molecule has 2 rings (SSSR count). The lowest BCUT2D eigenvalue weighted by Crippen LogP contribution is -2.36. The zero-order valence-corrected chi connectivity index (χ0v) is 9.47. The Labute approximate surface area is 99.8 Å². The van der Waals surface area contributed by atoms with Crippen LogP contribution in [0, 0.1) is 10.1 Å². The van der Waals surface area contributed by atoms with E-state index >= 15 is 0 Å². The Hall–Kier alpha value is -2.64. The summed E-state index contributed by atoms with van der Waals surface area (Å²) in [5.41, 5.74) is 4.21. The highest BCUT2D eigenvalue weighted by molar-refractivity contribution is 5.83. The summed E-state index contributed by atoms with van der Waals surface area (Å²) in [5.74, 6) is 0. The second-order valence-electron chi connectivity index (χ2n) is 3.69. The predicted octanol–water partition coefficient (Wildman–Crippen LogP) is 0.200. The van der Waals surface area contributed by atoms with E-state index in [4.69, 9.17) is 5.73 Å². The van der Waals surface area contributed by atoms with Crippen molar-refractivity contribution in [2.24, 2.45) is 0 Å². The van der Waals surface area contributed by atoms with Gasteiger partial charge in [-0.2, -0.15) is 0 Å². The van der Waals surface area contributed by atoms with Crippen LogP contribution in [0.1, 0.15) is 6.92 Å². The SMILES string of the molecule is CCn1c(=O)c(=O)[nH]c2cc(N)c([N+](=O)[O-])cc21. The summed E-state index contributed by atoms with van der Waals surface area (Å²) >= 11 is 0. The molecule has 8 heteroatoms. The van der Waals surface area contributed by atoms with E-state index in [-0.39, 0.29) is 23.4 Å². The Morgan fingerprint density at radius 3 is 2.67 bits per heavy atom. The first-order valence-electron chi connectivity index (χ1n) is 5.16. The normalized spacial score (nSPS) is 10.7. The topological polar surface area (TPSA) is 124 Å². The van der Waals surface area contributed by atoms with Crippen molar-refractivity contribution in [2.75, 3.05) is 5.73 Å². The van der Waals surface area contributed by atoms with Gasteiger partial charge in [0.2, 0.25) is 0 Å². The second-order valence-corrected chi connectivity index (χ2v) is 3.69. The molecule has 0 unspecified atom stereocenters. The number of aromatic amines is 1. The van der Waals surface area contributed by atoms with Crippen LogP contribution in [0.3, 0.4) is 0 Å². The average Bonchev–Trinajstić information content (AvgIpc) is 2.30. The van der Waals surface area contributed by atoms with Gasteiger partial charge in [-0.05, 0) is 13.0 Å². The van der Waals surface area contributed by atoms with E-state index < -0.39 is 16.0 Å². The third-order valence-electron chi connectivity index (χ3n) is 2.64. The molecule has 0 saturated heterocycles. The molecule has 3 N–H and O–H groups in total. The molecular formula is C10H10N4O4. The van der Waals surface area contributed by atoms with Gasteiger partial charge in [0.25, 0.3) is 5.69 Å². The third-order valence-corrected chi connectivity index (χ3v) is 2.64. The summed E-state index contributed by atoms with van der Waals surface area (Å²) in [4.78, 5) is 35.5. The number of hydrogen-bond acceptors (Lipinski definition) is 5. The van der Waals surface area contributed by atoms with Crippen molar-refractivity contribution in [2.45, 2.75) is 13.5 Å². The molecule has 0 amide bonds. The monoisotopic (exact) mass is 250 g/mol. The van der Waals surface area contributed by atoms with Crippen molar-refractivity contribution >= 4 is 22.4 Å². The molecule has 0 radical (unpaired) electrons. The predicted molar refractivity (Wildman–Crippen MR) is 65.6 cm³/mol. The number of anilines is 1. The van der Waals surface area contributed by atoms with Crippen LogP contribution < -0.4 is 16.9 Å². The maximum absolute atomic E-state index is 11.6. The maximum Gasteiger partial charge on any atom is 0.316 e. The van der Waals surface area contributed by atoms with Gasteiger partial charge < -0.3 is 15.3 Å². The fourth-order valence-corrected chi connectivity index (χ4v) is 1.80. The molecule has 0 atom stereocenters. The number of nitro benzene ring substituents is 1. The number of aromatic nitrogens is 2. The van der Waals surface area contributed by atoms with Gasteiger partial charge in [-0.25, -0.2) is 0 Å². The lowest BCUT2D eigenvalue weighted by atomic mass is 10.2. The molecule has 0 aliphatic rings. The number of nitrogens with two attached hydrogens (primary N) is 1. The summed E-state index contributed by atoms with van der Waals surface area (Å²) in [6, 6.07) is 2.46. The van der Waals surface area contributed by atoms with Crippen molar-refractivity contribution in [3.05, 3.63) is 43.0 Å². The number of nitrogens with zero attached hydrogens (tertiary/aromatic N) is 2. The van der Waals surface area contributed by atoms with Crippen molar-refractivity contribution < 1.29 is 4.92 Å². The highest BCUT2D eigenvalue weighted by Crippen LogP contribution is 2.25. The Balaban J connectivity index is 2.99. The van der Waals surface area contributed by atoms with Crippen LogP contribution >= 0.6 is 0 Å². The number of H-pyrrole nitrogens is 1. The zero-order valence-electron chi connectivity index (χ0n) is 9.47. The molecule has 1 heterocycles. The molecule has 0 aliphatic heterocycles. The van der Waals surface area contributed by atoms with Crippen molar-refractivity contribution in [3.63, 3.8) is 0 Å². The number of hydrogen-bond donors (Lipinski definition) is 2. The van der Waals surface area contributed by atoms with E-state index in [2.05, 4.69) is 4.98 Å². The maximum atomic E-state index is 11.6. The van der Waals surface area contributed by atoms with Gasteiger partial charge in [-0.1, -0.05) is 0 Å². The minimum Gasteiger partial charge on any atom is -0.393 e. The lowest BCUT2D eigenvalue weighted by molar-refractivity contribution is -0.383. The van der Waals surface area contributed by atoms with Crippen LogP contribution in [0.4, 0.5) is 11.4 Å². The Kier molecular flexibility index (Phi) is 2.62. The molecule has 1 aromatic carbocycles. The number of benzene rings is 1. The molecule has 2 aromatic rings. The highest BCUT2D eigenvalue weighted by Gasteiger charge is 2.16. The average molecular weight is 250 g/mol. The summed E-state index contributed by atoms with van der Waals surface area (Å²) in [6.07, 6.45) is 0. The first-order valence-corrected chi connectivity index (χ1v) is 5.16. The van der Waals surface area contributed by atoms with Gasteiger partial charge in [0.05, 0.1) is 16.0 Å². The van der Waals surface area contributed by atoms with Crippen LogP contribution in [0.15, 0.2) is 21.7 Å². The Morgan fingerprint density at radius 2 is 2.11 bits per heavy atom. The molecule has 0 fully saturated rings. The number of rotatable bonds is 2. The van der Waals surface area contributed by atoms with E-state index in [1.165, 1.54) is 16.7 Å². The smallest absolute Gasteiger partial charge is 0.316 e. The summed E-state index contributed by atoms with van der Waals surface area (Å²) in [5, 5.41) is 10.8. The van der Waals surface area contributed by atoms with E-state index in [1.807, 2.05) is 0 Å². The minimum absolute atomic E-state index is 0.0653. The van der Waals surface area contributed by atoms with Gasteiger partial charge in [-0.15, -0.1) is 0 Å². The zero-order chi connectivity index (χ0) is 13.4. The number of aryl methyl sites for hydroxylation is 1. The fourth-order valence-electron chi connectivity index (χ4n) is 1.80. The third kappa shape index (κ3) is 1.63. The van der Waals surface area contributed by atoms with Crippen LogP contribution in [0.25, 0.3) is 11.0 Å². The minimum atomic E-state index is -0.780. The Bertz CT molecular complexity index is 759. The quantitative estimate of drug-likeness (QED) is 0.341. The number of nitro groups is 1. The second kappa shape index (κ2) is 3.99. The van der Waals surface area contributed by atoms with Crippen molar-refractivity contribution in [1.29, 1.82) is 0 Å². The highest BCUT2D eigenvalue weighted by atomic mass is 16.6. The van der Waals surface area contributed by atoms with Crippen molar-refractivity contribution in [1.82, 2.24) is 9.55 Å². The molecular weight excluding hydrogens is 240 g/mol. The van der Waals surface area contributed by atoms with Crippen molar-refractivity contribution in [3.8, 4) is 0 Å². The van der Waals surface area contributed by atoms with Crippen LogP contribution in [0.5, 0.6) is 0 Å². The Morgan fingerprint density at radius 1 is 1.44 bits per heavy atom. The van der Waals surface area contributed by atoms with Crippen LogP contribution in [-0.2, 0) is 6.54 Å². The molecule has 0 spiro atoms. The molecule has 8 nitrogen and oxygen atoms in total. The van der Waals surface area contributed by atoms with Crippen LogP contribution in [-0.4, -0.2) is 14.5 Å². The molecule has 94 valence electrons. The lowest BCUT2D eigenvalue weighted by Gasteiger charge is -2.07. The first-order chi connectivity index (χ1) is 8.45. The number of nitrogen functional groups attached to an aromatic ring is 1. The molecule has 18 heavy (non-hydrogen) atoms. The summed E-state index contributed by atoms with van der Waals surface area (Å²) in [7, 11) is 0. The largest absolute Gasteiger partial charge is 0.393 e. The first kappa shape index (κ1) is 11.8. The standard InChI is InChI=1S/C10H10N4O4/c1-2-13-8-4-7(14(17)18)5(11)3-6(8)12-9(15)10(13)16/h3-4H,2,11H2,1H3,(H,12,15). The number of nitrogens with one attached hydrogen (secondary N) is 1. The van der Waals surface area contributed by atoms with E-state index in [0.29, 0.717) is 5.52 Å². The van der Waals surface area contributed by atoms with E-state index in [9.17, 15) is 19.7 Å². The van der Waals surface area contributed by atoms with Gasteiger partial charge in [0.15, 0.2) is 0 Å². The number of fused-ring (bicyclic) bond motifs is 1. The van der Waals surface area contributed by atoms with Crippen LogP contribution in [0.2, 0.25) is 0 Å². The molecule has 0 bridgehead atoms. The van der Waals surface area contributed by atoms with Gasteiger partial charge in [0, 0.05) is 12.6 Å². The van der Waals surface area contributed by atoms with Gasteiger partial charge >= 0.3 is 11.1 Å². The fraction of sp³-hybridized carbons (Fsp3) is 0.200. The van der Waals surface area contributed by atoms with Gasteiger partial charge in [0.1, 0.15) is 5.69 Å². The summed E-state index contributed by atoms with van der Waals surface area (Å²) < 4.78 is 1.17. The van der Waals surface area contributed by atoms with E-state index in [1.54, 1.807) is 6.92 Å².